The van der Waals surface area contributed by atoms with Crippen molar-refractivity contribution in [2.45, 2.75) is 20.4 Å². The number of hydrogen-bond donors (Lipinski definition) is 0. The van der Waals surface area contributed by atoms with Gasteiger partial charge < -0.3 is 4.57 Å². The van der Waals surface area contributed by atoms with Crippen LogP contribution in [0.4, 0.5) is 0 Å². The molecular formula is C14H14ClNO. The number of rotatable bonds is 2. The number of para-hydroxylation sites is 1. The lowest BCUT2D eigenvalue weighted by Crippen LogP contribution is -2.19. The fraction of sp³-hybridized carbons (Fsp3) is 0.214. The second-order valence-corrected chi connectivity index (χ2v) is 4.68. The molecule has 88 valence electrons. The largest absolute Gasteiger partial charge is 0.304 e. The van der Waals surface area contributed by atoms with E-state index in [1.807, 2.05) is 44.2 Å². The van der Waals surface area contributed by atoms with Gasteiger partial charge in [0.15, 0.2) is 0 Å². The molecule has 0 amide bonds. The van der Waals surface area contributed by atoms with Crippen molar-refractivity contribution in [3.05, 3.63) is 57.4 Å². The summed E-state index contributed by atoms with van der Waals surface area (Å²) in [6, 6.07) is 9.57. The molecule has 0 saturated heterocycles. The first-order valence-electron chi connectivity index (χ1n) is 5.51. The maximum absolute atomic E-state index is 12.0. The molecule has 17 heavy (non-hydrogen) atoms. The Bertz CT molecular complexity index is 636. The number of allylic oxidation sites excluding steroid dienone is 2. The third-order valence-corrected chi connectivity index (χ3v) is 2.94. The van der Waals surface area contributed by atoms with Gasteiger partial charge in [0.1, 0.15) is 0 Å². The molecule has 2 aromatic rings. The van der Waals surface area contributed by atoms with E-state index < -0.39 is 0 Å². The predicted molar refractivity (Wildman–Crippen MR) is 72.6 cm³/mol. The molecule has 1 aromatic heterocycles. The maximum Gasteiger partial charge on any atom is 0.251 e. The molecule has 0 bridgehead atoms. The topological polar surface area (TPSA) is 22.0 Å². The SMILES string of the molecule is C/C(Cl)=C/Cn1c(=O)cc(C)c2ccccc21. The Balaban J connectivity index is 2.69. The van der Waals surface area contributed by atoms with Gasteiger partial charge >= 0.3 is 0 Å². The van der Waals surface area contributed by atoms with E-state index in [0.717, 1.165) is 16.5 Å². The minimum absolute atomic E-state index is 0.00960. The molecule has 0 saturated carbocycles. The van der Waals surface area contributed by atoms with Gasteiger partial charge in [-0.25, -0.2) is 0 Å². The highest BCUT2D eigenvalue weighted by Gasteiger charge is 2.04. The van der Waals surface area contributed by atoms with Crippen LogP contribution < -0.4 is 5.56 Å². The zero-order valence-corrected chi connectivity index (χ0v) is 10.7. The molecule has 0 aliphatic heterocycles. The highest BCUT2D eigenvalue weighted by molar-refractivity contribution is 6.29. The molecule has 2 rings (SSSR count). The van der Waals surface area contributed by atoms with E-state index in [1.54, 1.807) is 10.6 Å². The minimum Gasteiger partial charge on any atom is -0.304 e. The standard InChI is InChI=1S/C14H14ClNO/c1-10-9-14(17)16(8-7-11(2)15)13-6-4-3-5-12(10)13/h3-7,9H,8H2,1-2H3/b11-7-. The molecule has 1 aromatic carbocycles. The van der Waals surface area contributed by atoms with Gasteiger partial charge in [-0.1, -0.05) is 35.9 Å². The van der Waals surface area contributed by atoms with Crippen LogP contribution in [0, 0.1) is 6.92 Å². The first kappa shape index (κ1) is 11.9. The fourth-order valence-electron chi connectivity index (χ4n) is 1.91. The van der Waals surface area contributed by atoms with E-state index >= 15 is 0 Å². The zero-order valence-electron chi connectivity index (χ0n) is 9.90. The smallest absolute Gasteiger partial charge is 0.251 e. The van der Waals surface area contributed by atoms with Crippen molar-refractivity contribution in [2.24, 2.45) is 0 Å². The van der Waals surface area contributed by atoms with Crippen LogP contribution in [0.1, 0.15) is 12.5 Å². The van der Waals surface area contributed by atoms with Gasteiger partial charge in [0.05, 0.1) is 5.52 Å². The van der Waals surface area contributed by atoms with Crippen LogP contribution in [0.25, 0.3) is 10.9 Å². The Hall–Kier alpha value is -1.54. The Kier molecular flexibility index (Phi) is 3.34. The van der Waals surface area contributed by atoms with Gasteiger partial charge in [0, 0.05) is 23.0 Å². The van der Waals surface area contributed by atoms with Crippen molar-refractivity contribution in [1.29, 1.82) is 0 Å². The van der Waals surface area contributed by atoms with E-state index in [0.29, 0.717) is 11.6 Å². The lowest BCUT2D eigenvalue weighted by molar-refractivity contribution is 0.813. The number of hydrogen-bond acceptors (Lipinski definition) is 1. The first-order valence-corrected chi connectivity index (χ1v) is 5.89. The summed E-state index contributed by atoms with van der Waals surface area (Å²) in [4.78, 5) is 12.0. The molecule has 0 unspecified atom stereocenters. The number of nitrogens with zero attached hydrogens (tertiary/aromatic N) is 1. The molecule has 0 atom stereocenters. The highest BCUT2D eigenvalue weighted by atomic mass is 35.5. The zero-order chi connectivity index (χ0) is 12.4. The van der Waals surface area contributed by atoms with E-state index in [-0.39, 0.29) is 5.56 Å². The molecule has 0 aliphatic carbocycles. The summed E-state index contributed by atoms with van der Waals surface area (Å²) >= 11 is 5.81. The van der Waals surface area contributed by atoms with Crippen molar-refractivity contribution in [1.82, 2.24) is 4.57 Å². The molecule has 3 heteroatoms. The lowest BCUT2D eigenvalue weighted by atomic mass is 10.1. The maximum atomic E-state index is 12.0. The van der Waals surface area contributed by atoms with Crippen LogP contribution in [0.5, 0.6) is 0 Å². The monoisotopic (exact) mass is 247 g/mol. The number of benzene rings is 1. The molecular weight excluding hydrogens is 234 g/mol. The lowest BCUT2D eigenvalue weighted by Gasteiger charge is -2.09. The number of aromatic nitrogens is 1. The summed E-state index contributed by atoms with van der Waals surface area (Å²) in [7, 11) is 0. The third-order valence-electron chi connectivity index (χ3n) is 2.78. The number of halogens is 1. The molecule has 0 N–H and O–H groups in total. The van der Waals surface area contributed by atoms with Crippen LogP contribution >= 0.6 is 11.6 Å². The molecule has 0 fully saturated rings. The molecule has 0 radical (unpaired) electrons. The summed E-state index contributed by atoms with van der Waals surface area (Å²) in [5, 5.41) is 1.80. The quantitative estimate of drug-likeness (QED) is 0.797. The van der Waals surface area contributed by atoms with Crippen molar-refractivity contribution < 1.29 is 0 Å². The molecule has 0 aliphatic rings. The van der Waals surface area contributed by atoms with Crippen LogP contribution in [0.15, 0.2) is 46.2 Å². The average Bonchev–Trinajstić information content (AvgIpc) is 2.28. The summed E-state index contributed by atoms with van der Waals surface area (Å²) in [5.74, 6) is 0. The van der Waals surface area contributed by atoms with Gasteiger partial charge in [0.25, 0.3) is 5.56 Å². The second kappa shape index (κ2) is 4.76. The predicted octanol–water partition coefficient (Wildman–Crippen LogP) is 3.45. The van der Waals surface area contributed by atoms with Gasteiger partial charge in [-0.3, -0.25) is 4.79 Å². The van der Waals surface area contributed by atoms with Crippen molar-refractivity contribution in [3.8, 4) is 0 Å². The van der Waals surface area contributed by atoms with E-state index in [9.17, 15) is 4.79 Å². The summed E-state index contributed by atoms with van der Waals surface area (Å²) in [6.45, 7) is 4.27. The number of pyridine rings is 1. The second-order valence-electron chi connectivity index (χ2n) is 4.08. The van der Waals surface area contributed by atoms with Gasteiger partial charge in [-0.05, 0) is 25.5 Å². The van der Waals surface area contributed by atoms with Gasteiger partial charge in [0.2, 0.25) is 0 Å². The number of aryl methyl sites for hydroxylation is 1. The normalized spacial score (nSPS) is 12.1. The Morgan fingerprint density at radius 1 is 1.41 bits per heavy atom. The Morgan fingerprint density at radius 3 is 2.82 bits per heavy atom. The summed E-state index contributed by atoms with van der Waals surface area (Å²) in [6.07, 6.45) is 1.84. The Labute approximate surface area is 105 Å². The van der Waals surface area contributed by atoms with E-state index in [2.05, 4.69) is 0 Å². The molecule has 0 spiro atoms. The average molecular weight is 248 g/mol. The minimum atomic E-state index is 0.00960. The molecule has 2 nitrogen and oxygen atoms in total. The molecule has 1 heterocycles. The van der Waals surface area contributed by atoms with Crippen LogP contribution in [0.3, 0.4) is 0 Å². The first-order chi connectivity index (χ1) is 8.09. The summed E-state index contributed by atoms with van der Waals surface area (Å²) < 4.78 is 1.73. The summed E-state index contributed by atoms with van der Waals surface area (Å²) in [5.41, 5.74) is 1.97. The van der Waals surface area contributed by atoms with Crippen molar-refractivity contribution in [3.63, 3.8) is 0 Å². The van der Waals surface area contributed by atoms with E-state index in [4.69, 9.17) is 11.6 Å². The van der Waals surface area contributed by atoms with Crippen molar-refractivity contribution >= 4 is 22.5 Å². The number of fused-ring (bicyclic) bond motifs is 1. The third kappa shape index (κ3) is 2.42. The highest BCUT2D eigenvalue weighted by Crippen LogP contribution is 2.16. The van der Waals surface area contributed by atoms with Crippen molar-refractivity contribution in [2.75, 3.05) is 0 Å². The van der Waals surface area contributed by atoms with Crippen LogP contribution in [-0.2, 0) is 6.54 Å². The van der Waals surface area contributed by atoms with Crippen LogP contribution in [0.2, 0.25) is 0 Å². The fourth-order valence-corrected chi connectivity index (χ4v) is 1.98. The van der Waals surface area contributed by atoms with E-state index in [1.165, 1.54) is 0 Å². The van der Waals surface area contributed by atoms with Gasteiger partial charge in [-0.15, -0.1) is 0 Å². The van der Waals surface area contributed by atoms with Gasteiger partial charge in [-0.2, -0.15) is 0 Å². The Morgan fingerprint density at radius 2 is 2.12 bits per heavy atom. The van der Waals surface area contributed by atoms with Crippen LogP contribution in [-0.4, -0.2) is 4.57 Å².